The van der Waals surface area contributed by atoms with Crippen LogP contribution < -0.4 is 10.0 Å². The summed E-state index contributed by atoms with van der Waals surface area (Å²) >= 11 is 0. The van der Waals surface area contributed by atoms with Crippen LogP contribution in [0.15, 0.2) is 60.9 Å². The molecular formula is C19H14F3N5O. The third-order valence-electron chi connectivity index (χ3n) is 4.17. The van der Waals surface area contributed by atoms with Gasteiger partial charge in [0.15, 0.2) is 5.82 Å². The van der Waals surface area contributed by atoms with Gasteiger partial charge in [-0.05, 0) is 43.3 Å². The molecule has 0 atom stereocenters. The highest BCUT2D eigenvalue weighted by atomic mass is 19.4. The van der Waals surface area contributed by atoms with Crippen LogP contribution in [-0.4, -0.2) is 14.5 Å². The summed E-state index contributed by atoms with van der Waals surface area (Å²) in [6.45, 7) is 1.80. The summed E-state index contributed by atoms with van der Waals surface area (Å²) < 4.78 is 40.4. The fourth-order valence-electron chi connectivity index (χ4n) is 2.95. The molecule has 0 fully saturated rings. The van der Waals surface area contributed by atoms with Gasteiger partial charge in [-0.1, -0.05) is 12.1 Å². The first-order chi connectivity index (χ1) is 13.3. The minimum absolute atomic E-state index is 0.199. The highest BCUT2D eigenvalue weighted by Gasteiger charge is 2.30. The van der Waals surface area contributed by atoms with Crippen LogP contribution in [0, 0.1) is 12.1 Å². The molecule has 4 rings (SSSR count). The predicted octanol–water partition coefficient (Wildman–Crippen LogP) is 4.12. The number of benzene rings is 2. The molecule has 6 nitrogen and oxygen atoms in total. The van der Waals surface area contributed by atoms with Gasteiger partial charge in [0.2, 0.25) is 18.2 Å². The fourth-order valence-corrected chi connectivity index (χ4v) is 2.95. The minimum Gasteiger partial charge on any atom is -0.619 e. The summed E-state index contributed by atoms with van der Waals surface area (Å²) in [5.41, 5.74) is 1.18. The summed E-state index contributed by atoms with van der Waals surface area (Å²) in [6, 6.07) is 11.9. The molecule has 2 aromatic carbocycles. The lowest BCUT2D eigenvalue weighted by molar-refractivity contribution is -0.604. The molecule has 0 unspecified atom stereocenters. The Bertz CT molecular complexity index is 1150. The van der Waals surface area contributed by atoms with Crippen LogP contribution in [0.3, 0.4) is 0 Å². The van der Waals surface area contributed by atoms with E-state index >= 15 is 0 Å². The standard InChI is InChI=1S/C19H14F3N5O/c1-12-23-15-4-2-3-5-16(15)27(12)18-11-26(28)10-17(25-18)24-14-8-6-13(7-9-14)19(20,21)22/h2-11H,1H3,(H,24,25). The SMILES string of the molecule is Cc1nc2ccccc2n1-c1c[n+]([O-])cc(Nc2ccc(C(F)(F)F)cc2)n1. The molecule has 0 aliphatic heterocycles. The molecule has 0 aliphatic carbocycles. The molecule has 2 aromatic heterocycles. The quantitative estimate of drug-likeness (QED) is 0.425. The van der Waals surface area contributed by atoms with Crippen LogP contribution in [0.2, 0.25) is 0 Å². The lowest BCUT2D eigenvalue weighted by Gasteiger charge is -2.11. The van der Waals surface area contributed by atoms with Crippen LogP contribution in [0.25, 0.3) is 16.9 Å². The summed E-state index contributed by atoms with van der Waals surface area (Å²) in [6.07, 6.45) is -1.90. The number of aryl methyl sites for hydroxylation is 1. The molecule has 0 saturated carbocycles. The van der Waals surface area contributed by atoms with E-state index in [1.807, 2.05) is 24.3 Å². The fraction of sp³-hybridized carbons (Fsp3) is 0.105. The number of nitrogens with zero attached hydrogens (tertiary/aromatic N) is 4. The molecule has 142 valence electrons. The molecule has 2 heterocycles. The van der Waals surface area contributed by atoms with Gasteiger partial charge in [0.05, 0.1) is 16.6 Å². The molecule has 0 radical (unpaired) electrons. The number of hydrogen-bond donors (Lipinski definition) is 1. The van der Waals surface area contributed by atoms with Crippen molar-refractivity contribution in [3.63, 3.8) is 0 Å². The molecular weight excluding hydrogens is 371 g/mol. The van der Waals surface area contributed by atoms with E-state index in [-0.39, 0.29) is 5.82 Å². The number of halogens is 3. The van der Waals surface area contributed by atoms with Gasteiger partial charge in [-0.2, -0.15) is 17.9 Å². The van der Waals surface area contributed by atoms with Crippen LogP contribution in [0.1, 0.15) is 11.4 Å². The third-order valence-corrected chi connectivity index (χ3v) is 4.17. The van der Waals surface area contributed by atoms with Gasteiger partial charge in [-0.15, -0.1) is 0 Å². The Kier molecular flexibility index (Phi) is 4.14. The second-order valence-electron chi connectivity index (χ2n) is 6.16. The number of hydrogen-bond acceptors (Lipinski definition) is 4. The van der Waals surface area contributed by atoms with E-state index in [1.54, 1.807) is 11.5 Å². The molecule has 0 amide bonds. The number of alkyl halides is 3. The van der Waals surface area contributed by atoms with Crippen LogP contribution in [0.5, 0.6) is 0 Å². The Morgan fingerprint density at radius 1 is 1.00 bits per heavy atom. The predicted molar refractivity (Wildman–Crippen MR) is 97.3 cm³/mol. The maximum Gasteiger partial charge on any atom is 0.416 e. The van der Waals surface area contributed by atoms with Crippen LogP contribution in [0.4, 0.5) is 24.7 Å². The molecule has 0 aliphatic rings. The number of rotatable bonds is 3. The number of anilines is 2. The van der Waals surface area contributed by atoms with Gasteiger partial charge in [-0.3, -0.25) is 4.57 Å². The first-order valence-corrected chi connectivity index (χ1v) is 8.31. The van der Waals surface area contributed by atoms with Crippen molar-refractivity contribution in [2.45, 2.75) is 13.1 Å². The van der Waals surface area contributed by atoms with E-state index in [2.05, 4.69) is 15.3 Å². The van der Waals surface area contributed by atoms with Crippen molar-refractivity contribution in [2.75, 3.05) is 5.32 Å². The number of nitrogens with one attached hydrogen (secondary N) is 1. The Balaban J connectivity index is 1.71. The summed E-state index contributed by atoms with van der Waals surface area (Å²) in [4.78, 5) is 8.87. The van der Waals surface area contributed by atoms with Gasteiger partial charge in [0.1, 0.15) is 5.82 Å². The van der Waals surface area contributed by atoms with Crippen molar-refractivity contribution in [3.8, 4) is 5.82 Å². The average molecular weight is 385 g/mol. The Labute approximate surface area is 157 Å². The number of para-hydroxylation sites is 2. The van der Waals surface area contributed by atoms with Crippen molar-refractivity contribution >= 4 is 22.5 Å². The second-order valence-corrected chi connectivity index (χ2v) is 6.16. The zero-order valence-electron chi connectivity index (χ0n) is 14.6. The first kappa shape index (κ1) is 17.8. The smallest absolute Gasteiger partial charge is 0.416 e. The zero-order chi connectivity index (χ0) is 19.9. The lowest BCUT2D eigenvalue weighted by Crippen LogP contribution is -2.27. The number of imidazole rings is 1. The molecule has 0 bridgehead atoms. The van der Waals surface area contributed by atoms with E-state index in [0.29, 0.717) is 22.1 Å². The van der Waals surface area contributed by atoms with Gasteiger partial charge >= 0.3 is 6.18 Å². The van der Waals surface area contributed by atoms with Gasteiger partial charge in [0.25, 0.3) is 0 Å². The number of aromatic nitrogens is 4. The van der Waals surface area contributed by atoms with Crippen molar-refractivity contribution in [1.82, 2.24) is 14.5 Å². The maximum absolute atomic E-state index is 12.7. The molecule has 0 spiro atoms. The summed E-state index contributed by atoms with van der Waals surface area (Å²) in [5.74, 6) is 1.20. The number of fused-ring (bicyclic) bond motifs is 1. The minimum atomic E-state index is -4.41. The second kappa shape index (κ2) is 6.52. The highest BCUT2D eigenvalue weighted by Crippen LogP contribution is 2.30. The maximum atomic E-state index is 12.7. The van der Waals surface area contributed by atoms with Gasteiger partial charge in [0, 0.05) is 5.69 Å². The van der Waals surface area contributed by atoms with E-state index in [1.165, 1.54) is 24.5 Å². The third kappa shape index (κ3) is 3.34. The van der Waals surface area contributed by atoms with E-state index in [0.717, 1.165) is 23.2 Å². The van der Waals surface area contributed by atoms with Crippen molar-refractivity contribution in [1.29, 1.82) is 0 Å². The van der Waals surface area contributed by atoms with Crippen LogP contribution >= 0.6 is 0 Å². The molecule has 28 heavy (non-hydrogen) atoms. The molecule has 9 heteroatoms. The topological polar surface area (TPSA) is 69.7 Å². The van der Waals surface area contributed by atoms with Crippen molar-refractivity contribution in [2.24, 2.45) is 0 Å². The first-order valence-electron chi connectivity index (χ1n) is 8.31. The van der Waals surface area contributed by atoms with Crippen molar-refractivity contribution < 1.29 is 17.9 Å². The van der Waals surface area contributed by atoms with E-state index in [9.17, 15) is 18.4 Å². The van der Waals surface area contributed by atoms with E-state index < -0.39 is 11.7 Å². The highest BCUT2D eigenvalue weighted by molar-refractivity contribution is 5.77. The Morgan fingerprint density at radius 3 is 2.43 bits per heavy atom. The Morgan fingerprint density at radius 2 is 1.71 bits per heavy atom. The zero-order valence-corrected chi connectivity index (χ0v) is 14.6. The summed E-state index contributed by atoms with van der Waals surface area (Å²) in [7, 11) is 0. The van der Waals surface area contributed by atoms with Gasteiger partial charge in [-0.25, -0.2) is 9.97 Å². The van der Waals surface area contributed by atoms with Crippen molar-refractivity contribution in [3.05, 3.63) is 77.5 Å². The summed E-state index contributed by atoms with van der Waals surface area (Å²) in [5, 5.41) is 14.9. The monoisotopic (exact) mass is 385 g/mol. The molecule has 0 saturated heterocycles. The normalized spacial score (nSPS) is 11.7. The van der Waals surface area contributed by atoms with Crippen LogP contribution in [-0.2, 0) is 6.18 Å². The molecule has 1 N–H and O–H groups in total. The van der Waals surface area contributed by atoms with Gasteiger partial charge < -0.3 is 10.5 Å². The largest absolute Gasteiger partial charge is 0.619 e. The van der Waals surface area contributed by atoms with E-state index in [4.69, 9.17) is 0 Å². The lowest BCUT2D eigenvalue weighted by atomic mass is 10.2. The Hall–Kier alpha value is -3.62. The average Bonchev–Trinajstić information content (AvgIpc) is 2.96. The molecule has 4 aromatic rings.